The minimum absolute atomic E-state index is 0.183. The molecule has 0 aliphatic heterocycles. The number of nitrogens with one attached hydrogen (secondary N) is 1. The Morgan fingerprint density at radius 3 is 2.76 bits per heavy atom. The largest absolute Gasteiger partial charge is 0.339 e. The highest BCUT2D eigenvalue weighted by atomic mass is 35.5. The van der Waals surface area contributed by atoms with Crippen LogP contribution in [0.4, 0.5) is 15.9 Å². The van der Waals surface area contributed by atoms with Gasteiger partial charge in [0.15, 0.2) is 0 Å². The summed E-state index contributed by atoms with van der Waals surface area (Å²) in [6.45, 7) is 3.93. The van der Waals surface area contributed by atoms with E-state index < -0.39 is 0 Å². The van der Waals surface area contributed by atoms with E-state index in [0.717, 1.165) is 22.2 Å². The maximum atomic E-state index is 13.5. The van der Waals surface area contributed by atoms with Crippen LogP contribution >= 0.6 is 22.9 Å². The molecule has 0 aliphatic rings. The van der Waals surface area contributed by atoms with Crippen LogP contribution in [-0.4, -0.2) is 9.97 Å². The Hall–Kier alpha value is -1.72. The summed E-state index contributed by atoms with van der Waals surface area (Å²) in [5, 5.41) is 4.23. The molecule has 108 valence electrons. The van der Waals surface area contributed by atoms with Crippen molar-refractivity contribution in [2.24, 2.45) is 0 Å². The number of fused-ring (bicyclic) bond motifs is 1. The van der Waals surface area contributed by atoms with Gasteiger partial charge >= 0.3 is 0 Å². The molecular formula is C15H13ClFN3S. The number of aryl methyl sites for hydroxylation is 2. The van der Waals surface area contributed by atoms with Crippen LogP contribution in [0.3, 0.4) is 0 Å². The van der Waals surface area contributed by atoms with Crippen molar-refractivity contribution in [1.29, 1.82) is 0 Å². The minimum atomic E-state index is -0.284. The van der Waals surface area contributed by atoms with Crippen molar-refractivity contribution in [3.63, 3.8) is 0 Å². The summed E-state index contributed by atoms with van der Waals surface area (Å²) in [6.07, 6.45) is 0.928. The zero-order valence-corrected chi connectivity index (χ0v) is 13.1. The number of aromatic nitrogens is 2. The normalized spacial score (nSPS) is 11.0. The van der Waals surface area contributed by atoms with Gasteiger partial charge in [0.05, 0.1) is 5.39 Å². The lowest BCUT2D eigenvalue weighted by atomic mass is 10.2. The molecule has 3 nitrogen and oxygen atoms in total. The molecule has 0 radical (unpaired) electrons. The first-order valence-corrected chi connectivity index (χ1v) is 7.75. The van der Waals surface area contributed by atoms with Crippen LogP contribution in [0.5, 0.6) is 0 Å². The van der Waals surface area contributed by atoms with Gasteiger partial charge in [-0.2, -0.15) is 4.98 Å². The van der Waals surface area contributed by atoms with Crippen molar-refractivity contribution in [2.45, 2.75) is 20.3 Å². The van der Waals surface area contributed by atoms with Gasteiger partial charge in [0, 0.05) is 10.6 Å². The standard InChI is InChI=1S/C15H13ClFN3S/c1-3-11-7-12-13(19-15(16)20-14(12)21-11)18-10-5-8(2)4-9(17)6-10/h4-7H,3H2,1-2H3,(H,18,19,20). The lowest BCUT2D eigenvalue weighted by Gasteiger charge is -2.08. The third-order valence-corrected chi connectivity index (χ3v) is 4.41. The Kier molecular flexibility index (Phi) is 3.78. The Labute approximate surface area is 130 Å². The van der Waals surface area contributed by atoms with E-state index in [4.69, 9.17) is 11.6 Å². The van der Waals surface area contributed by atoms with Crippen LogP contribution in [0.2, 0.25) is 5.28 Å². The topological polar surface area (TPSA) is 37.8 Å². The number of rotatable bonds is 3. The summed E-state index contributed by atoms with van der Waals surface area (Å²) in [5.41, 5.74) is 1.49. The van der Waals surface area contributed by atoms with Crippen molar-refractivity contribution >= 4 is 44.7 Å². The molecule has 21 heavy (non-hydrogen) atoms. The molecular weight excluding hydrogens is 309 g/mol. The molecule has 0 unspecified atom stereocenters. The summed E-state index contributed by atoms with van der Waals surface area (Å²) in [6, 6.07) is 6.82. The van der Waals surface area contributed by atoms with E-state index in [-0.39, 0.29) is 11.1 Å². The maximum Gasteiger partial charge on any atom is 0.225 e. The van der Waals surface area contributed by atoms with Crippen molar-refractivity contribution < 1.29 is 4.39 Å². The third-order valence-electron chi connectivity index (χ3n) is 3.07. The smallest absolute Gasteiger partial charge is 0.225 e. The first kappa shape index (κ1) is 14.2. The van der Waals surface area contributed by atoms with Crippen LogP contribution in [0, 0.1) is 12.7 Å². The van der Waals surface area contributed by atoms with Gasteiger partial charge < -0.3 is 5.32 Å². The summed E-state index contributed by atoms with van der Waals surface area (Å²) >= 11 is 7.57. The minimum Gasteiger partial charge on any atom is -0.339 e. The summed E-state index contributed by atoms with van der Waals surface area (Å²) in [5.74, 6) is 0.319. The van der Waals surface area contributed by atoms with Gasteiger partial charge in [0.25, 0.3) is 0 Å². The fourth-order valence-electron chi connectivity index (χ4n) is 2.16. The molecule has 0 saturated carbocycles. The van der Waals surface area contributed by atoms with Crippen LogP contribution < -0.4 is 5.32 Å². The zero-order chi connectivity index (χ0) is 15.0. The monoisotopic (exact) mass is 321 g/mol. The molecule has 1 aromatic carbocycles. The molecule has 0 aliphatic carbocycles. The highest BCUT2D eigenvalue weighted by Crippen LogP contribution is 2.32. The van der Waals surface area contributed by atoms with Gasteiger partial charge in [-0.15, -0.1) is 11.3 Å². The third kappa shape index (κ3) is 2.99. The van der Waals surface area contributed by atoms with E-state index in [1.807, 2.05) is 19.1 Å². The van der Waals surface area contributed by atoms with Crippen LogP contribution in [0.15, 0.2) is 24.3 Å². The van der Waals surface area contributed by atoms with Crippen molar-refractivity contribution in [2.75, 3.05) is 5.32 Å². The molecule has 6 heteroatoms. The number of benzene rings is 1. The second-order valence-electron chi connectivity index (χ2n) is 4.77. The SMILES string of the molecule is CCc1cc2c(Nc3cc(C)cc(F)c3)nc(Cl)nc2s1. The average Bonchev–Trinajstić information content (AvgIpc) is 2.80. The highest BCUT2D eigenvalue weighted by molar-refractivity contribution is 7.18. The van der Waals surface area contributed by atoms with E-state index in [1.165, 1.54) is 17.0 Å². The van der Waals surface area contributed by atoms with Gasteiger partial charge in [-0.05, 0) is 54.8 Å². The van der Waals surface area contributed by atoms with Crippen LogP contribution in [0.25, 0.3) is 10.2 Å². The summed E-state index contributed by atoms with van der Waals surface area (Å²) in [4.78, 5) is 10.5. The fraction of sp³-hybridized carbons (Fsp3) is 0.200. The molecule has 3 rings (SSSR count). The van der Waals surface area contributed by atoms with E-state index >= 15 is 0 Å². The number of hydrogen-bond acceptors (Lipinski definition) is 4. The first-order valence-electron chi connectivity index (χ1n) is 6.55. The highest BCUT2D eigenvalue weighted by Gasteiger charge is 2.11. The lowest BCUT2D eigenvalue weighted by molar-refractivity contribution is 0.627. The molecule has 0 saturated heterocycles. The van der Waals surface area contributed by atoms with Crippen LogP contribution in [0.1, 0.15) is 17.4 Å². The molecule has 3 aromatic rings. The second kappa shape index (κ2) is 5.58. The van der Waals surface area contributed by atoms with Gasteiger partial charge in [0.1, 0.15) is 16.5 Å². The van der Waals surface area contributed by atoms with Gasteiger partial charge in [-0.3, -0.25) is 0 Å². The first-order chi connectivity index (χ1) is 10.0. The molecule has 0 fully saturated rings. The van der Waals surface area contributed by atoms with Crippen molar-refractivity contribution in [3.8, 4) is 0 Å². The molecule has 0 atom stereocenters. The number of thiophene rings is 1. The Morgan fingerprint density at radius 1 is 1.24 bits per heavy atom. The number of anilines is 2. The van der Waals surface area contributed by atoms with E-state index in [2.05, 4.69) is 22.2 Å². The van der Waals surface area contributed by atoms with Gasteiger partial charge in [0.2, 0.25) is 5.28 Å². The average molecular weight is 322 g/mol. The Morgan fingerprint density at radius 2 is 2.05 bits per heavy atom. The molecule has 1 N–H and O–H groups in total. The lowest BCUT2D eigenvalue weighted by Crippen LogP contribution is -1.97. The van der Waals surface area contributed by atoms with E-state index in [9.17, 15) is 4.39 Å². The zero-order valence-electron chi connectivity index (χ0n) is 11.6. The molecule has 0 spiro atoms. The molecule has 0 bridgehead atoms. The Balaban J connectivity index is 2.08. The second-order valence-corrected chi connectivity index (χ2v) is 6.22. The molecule has 2 aromatic heterocycles. The van der Waals surface area contributed by atoms with Crippen molar-refractivity contribution in [1.82, 2.24) is 9.97 Å². The Bertz CT molecular complexity index is 796. The number of nitrogens with zero attached hydrogens (tertiary/aromatic N) is 2. The maximum absolute atomic E-state index is 13.5. The van der Waals surface area contributed by atoms with Crippen LogP contribution in [-0.2, 0) is 6.42 Å². The van der Waals surface area contributed by atoms with Gasteiger partial charge in [-0.1, -0.05) is 6.92 Å². The molecule has 2 heterocycles. The van der Waals surface area contributed by atoms with E-state index in [1.54, 1.807) is 11.3 Å². The fourth-order valence-corrected chi connectivity index (χ4v) is 3.35. The summed E-state index contributed by atoms with van der Waals surface area (Å²) in [7, 11) is 0. The number of hydrogen-bond donors (Lipinski definition) is 1. The van der Waals surface area contributed by atoms with E-state index in [0.29, 0.717) is 11.5 Å². The molecule has 0 amide bonds. The van der Waals surface area contributed by atoms with Crippen molar-refractivity contribution in [3.05, 3.63) is 45.8 Å². The van der Waals surface area contributed by atoms with Gasteiger partial charge in [-0.25, -0.2) is 9.37 Å². The predicted octanol–water partition coefficient (Wildman–Crippen LogP) is 5.10. The number of halogens is 2. The summed E-state index contributed by atoms with van der Waals surface area (Å²) < 4.78 is 13.5. The predicted molar refractivity (Wildman–Crippen MR) is 86.2 cm³/mol. The quantitative estimate of drug-likeness (QED) is 0.682.